The topological polar surface area (TPSA) is 66.5 Å². The van der Waals surface area contributed by atoms with Crippen molar-refractivity contribution in [2.24, 2.45) is 5.92 Å². The molecular weight excluding hydrogens is 396 g/mol. The van der Waals surface area contributed by atoms with E-state index < -0.39 is 10.0 Å². The summed E-state index contributed by atoms with van der Waals surface area (Å²) in [5, 5.41) is 0. The Morgan fingerprint density at radius 3 is 2.53 bits per heavy atom. The van der Waals surface area contributed by atoms with Crippen LogP contribution in [0.15, 0.2) is 47.4 Å². The highest BCUT2D eigenvalue weighted by atomic mass is 32.2. The van der Waals surface area contributed by atoms with Crippen LogP contribution in [0.25, 0.3) is 0 Å². The van der Waals surface area contributed by atoms with Crippen LogP contribution in [0, 0.1) is 12.8 Å². The van der Waals surface area contributed by atoms with Gasteiger partial charge in [-0.15, -0.1) is 0 Å². The first-order valence-corrected chi connectivity index (χ1v) is 12.4. The van der Waals surface area contributed by atoms with Gasteiger partial charge < -0.3 is 4.90 Å². The van der Waals surface area contributed by atoms with E-state index in [4.69, 9.17) is 0 Å². The molecule has 4 rings (SSSR count). The first-order chi connectivity index (χ1) is 14.4. The summed E-state index contributed by atoms with van der Waals surface area (Å²) in [6.45, 7) is 3.60. The lowest BCUT2D eigenvalue weighted by molar-refractivity contribution is 0.0676. The summed E-state index contributed by atoms with van der Waals surface area (Å²) >= 11 is 0. The Morgan fingerprint density at radius 1 is 1.03 bits per heavy atom. The molecule has 1 unspecified atom stereocenters. The van der Waals surface area contributed by atoms with E-state index >= 15 is 0 Å². The van der Waals surface area contributed by atoms with E-state index in [0.717, 1.165) is 43.4 Å². The standard InChI is InChI=1S/C24H30N2O3S/c1-18-8-12-23(13-9-18)30(28,29)25-16-19-5-4-14-26(17-19)24(27)22-11-10-20-6-2-3-7-21(20)15-22/h8-13,15,19,25H,2-7,14,16-17H2,1H3. The summed E-state index contributed by atoms with van der Waals surface area (Å²) < 4.78 is 27.9. The molecule has 2 aromatic carbocycles. The number of benzene rings is 2. The molecule has 1 fully saturated rings. The number of aryl methyl sites for hydroxylation is 3. The summed E-state index contributed by atoms with van der Waals surface area (Å²) in [6.07, 6.45) is 6.40. The van der Waals surface area contributed by atoms with Crippen LogP contribution in [0.3, 0.4) is 0 Å². The van der Waals surface area contributed by atoms with Crippen molar-refractivity contribution in [3.63, 3.8) is 0 Å². The Kier molecular flexibility index (Phi) is 6.25. The van der Waals surface area contributed by atoms with Crippen molar-refractivity contribution in [1.82, 2.24) is 9.62 Å². The molecule has 30 heavy (non-hydrogen) atoms. The van der Waals surface area contributed by atoms with Crippen LogP contribution in [-0.2, 0) is 22.9 Å². The second-order valence-electron chi connectivity index (χ2n) is 8.61. The van der Waals surface area contributed by atoms with Gasteiger partial charge in [0.25, 0.3) is 5.91 Å². The van der Waals surface area contributed by atoms with Crippen LogP contribution in [0.1, 0.15) is 52.7 Å². The van der Waals surface area contributed by atoms with Crippen LogP contribution in [-0.4, -0.2) is 38.9 Å². The van der Waals surface area contributed by atoms with Crippen molar-refractivity contribution in [2.75, 3.05) is 19.6 Å². The van der Waals surface area contributed by atoms with E-state index in [9.17, 15) is 13.2 Å². The van der Waals surface area contributed by atoms with Gasteiger partial charge in [-0.2, -0.15) is 0 Å². The molecule has 0 saturated carbocycles. The predicted molar refractivity (Wildman–Crippen MR) is 118 cm³/mol. The molecule has 1 saturated heterocycles. The van der Waals surface area contributed by atoms with Gasteiger partial charge in [0.1, 0.15) is 0 Å². The minimum Gasteiger partial charge on any atom is -0.338 e. The predicted octanol–water partition coefficient (Wildman–Crippen LogP) is 3.70. The zero-order chi connectivity index (χ0) is 21.1. The molecule has 2 aromatic rings. The highest BCUT2D eigenvalue weighted by molar-refractivity contribution is 7.89. The number of nitrogens with zero attached hydrogens (tertiary/aromatic N) is 1. The molecule has 1 aliphatic heterocycles. The number of piperidine rings is 1. The number of likely N-dealkylation sites (tertiary alicyclic amines) is 1. The van der Waals surface area contributed by atoms with Crippen molar-refractivity contribution < 1.29 is 13.2 Å². The summed E-state index contributed by atoms with van der Waals surface area (Å²) in [5.74, 6) is 0.190. The van der Waals surface area contributed by atoms with E-state index in [0.29, 0.717) is 13.1 Å². The summed E-state index contributed by atoms with van der Waals surface area (Å²) in [7, 11) is -3.53. The highest BCUT2D eigenvalue weighted by Gasteiger charge is 2.26. The maximum Gasteiger partial charge on any atom is 0.253 e. The maximum atomic E-state index is 13.1. The number of hydrogen-bond acceptors (Lipinski definition) is 3. The van der Waals surface area contributed by atoms with E-state index in [-0.39, 0.29) is 16.7 Å². The first kappa shape index (κ1) is 21.1. The Morgan fingerprint density at radius 2 is 1.77 bits per heavy atom. The Balaban J connectivity index is 1.38. The summed E-state index contributed by atoms with van der Waals surface area (Å²) in [6, 6.07) is 13.0. The molecule has 0 aromatic heterocycles. The molecule has 0 bridgehead atoms. The number of sulfonamides is 1. The minimum absolute atomic E-state index is 0.0643. The van der Waals surface area contributed by atoms with Crippen molar-refractivity contribution >= 4 is 15.9 Å². The lowest BCUT2D eigenvalue weighted by Gasteiger charge is -2.33. The lowest BCUT2D eigenvalue weighted by atomic mass is 9.90. The number of rotatable bonds is 5. The van der Waals surface area contributed by atoms with Crippen molar-refractivity contribution in [3.05, 3.63) is 64.7 Å². The lowest BCUT2D eigenvalue weighted by Crippen LogP contribution is -2.43. The van der Waals surface area contributed by atoms with E-state index in [1.165, 1.54) is 24.0 Å². The molecule has 160 valence electrons. The molecule has 0 spiro atoms. The van der Waals surface area contributed by atoms with Gasteiger partial charge in [-0.1, -0.05) is 23.8 Å². The van der Waals surface area contributed by atoms with Gasteiger partial charge in [-0.05, 0) is 86.8 Å². The Bertz CT molecular complexity index is 1020. The third-order valence-corrected chi connectivity index (χ3v) is 7.73. The molecule has 1 heterocycles. The van der Waals surface area contributed by atoms with Crippen LogP contribution < -0.4 is 4.72 Å². The zero-order valence-corrected chi connectivity index (χ0v) is 18.4. The molecular formula is C24H30N2O3S. The van der Waals surface area contributed by atoms with E-state index in [2.05, 4.69) is 16.9 Å². The number of amides is 1. The average Bonchev–Trinajstić information content (AvgIpc) is 2.77. The van der Waals surface area contributed by atoms with Crippen LogP contribution in [0.2, 0.25) is 0 Å². The van der Waals surface area contributed by atoms with E-state index in [1.54, 1.807) is 24.3 Å². The van der Waals surface area contributed by atoms with Gasteiger partial charge in [0.15, 0.2) is 0 Å². The summed E-state index contributed by atoms with van der Waals surface area (Å²) in [5.41, 5.74) is 4.47. The number of carbonyl (C=O) groups is 1. The van der Waals surface area contributed by atoms with Crippen molar-refractivity contribution in [3.8, 4) is 0 Å². The van der Waals surface area contributed by atoms with Crippen molar-refractivity contribution in [2.45, 2.75) is 50.3 Å². The first-order valence-electron chi connectivity index (χ1n) is 10.9. The zero-order valence-electron chi connectivity index (χ0n) is 17.6. The van der Waals surface area contributed by atoms with Gasteiger partial charge in [0.05, 0.1) is 4.90 Å². The van der Waals surface area contributed by atoms with Gasteiger partial charge in [0, 0.05) is 25.2 Å². The van der Waals surface area contributed by atoms with Crippen molar-refractivity contribution in [1.29, 1.82) is 0 Å². The number of hydrogen-bond donors (Lipinski definition) is 1. The number of carbonyl (C=O) groups excluding carboxylic acids is 1. The molecule has 1 atom stereocenters. The van der Waals surface area contributed by atoms with Crippen LogP contribution >= 0.6 is 0 Å². The Labute approximate surface area is 179 Å². The molecule has 1 N–H and O–H groups in total. The van der Waals surface area contributed by atoms with Crippen LogP contribution in [0.4, 0.5) is 0 Å². The second-order valence-corrected chi connectivity index (χ2v) is 10.4. The molecule has 5 nitrogen and oxygen atoms in total. The quantitative estimate of drug-likeness (QED) is 0.793. The summed E-state index contributed by atoms with van der Waals surface area (Å²) in [4.78, 5) is 15.2. The van der Waals surface area contributed by atoms with Gasteiger partial charge in [0.2, 0.25) is 10.0 Å². The van der Waals surface area contributed by atoms with E-state index in [1.807, 2.05) is 17.9 Å². The monoisotopic (exact) mass is 426 g/mol. The largest absolute Gasteiger partial charge is 0.338 e. The fraction of sp³-hybridized carbons (Fsp3) is 0.458. The molecule has 1 aliphatic carbocycles. The van der Waals surface area contributed by atoms with Crippen LogP contribution in [0.5, 0.6) is 0 Å². The Hall–Kier alpha value is -2.18. The third-order valence-electron chi connectivity index (χ3n) is 6.29. The van der Waals surface area contributed by atoms with Gasteiger partial charge in [-0.25, -0.2) is 13.1 Å². The molecule has 2 aliphatic rings. The second kappa shape index (κ2) is 8.90. The van der Waals surface area contributed by atoms with Gasteiger partial charge >= 0.3 is 0 Å². The SMILES string of the molecule is Cc1ccc(S(=O)(=O)NCC2CCCN(C(=O)c3ccc4c(c3)CCCC4)C2)cc1. The molecule has 1 amide bonds. The number of nitrogens with one attached hydrogen (secondary N) is 1. The normalized spacial score (nSPS) is 19.4. The fourth-order valence-corrected chi connectivity index (χ4v) is 5.61. The minimum atomic E-state index is -3.53. The smallest absolute Gasteiger partial charge is 0.253 e. The molecule has 0 radical (unpaired) electrons. The third kappa shape index (κ3) is 4.76. The number of fused-ring (bicyclic) bond motifs is 1. The highest BCUT2D eigenvalue weighted by Crippen LogP contribution is 2.24. The molecule has 6 heteroatoms. The maximum absolute atomic E-state index is 13.1. The fourth-order valence-electron chi connectivity index (χ4n) is 4.49. The van der Waals surface area contributed by atoms with Gasteiger partial charge in [-0.3, -0.25) is 4.79 Å². The average molecular weight is 427 g/mol.